The first kappa shape index (κ1) is 19.5. The van der Waals surface area contributed by atoms with Gasteiger partial charge in [-0.05, 0) is 42.8 Å². The summed E-state index contributed by atoms with van der Waals surface area (Å²) >= 11 is 17.8. The SMILES string of the molecule is COC(C)(CNS(=O)(=O)c1cc(Cl)ccc1Cl)c1cccc(Cl)c1. The summed E-state index contributed by atoms with van der Waals surface area (Å²) in [6.07, 6.45) is 0. The first-order chi connectivity index (χ1) is 11.2. The molecule has 8 heteroatoms. The lowest BCUT2D eigenvalue weighted by molar-refractivity contribution is 0.00699. The normalized spacial score (nSPS) is 14.4. The molecule has 0 aliphatic carbocycles. The predicted molar refractivity (Wildman–Crippen MR) is 97.5 cm³/mol. The second-order valence-electron chi connectivity index (χ2n) is 5.34. The van der Waals surface area contributed by atoms with Crippen LogP contribution in [0, 0.1) is 0 Å². The zero-order chi connectivity index (χ0) is 18.0. The maximum atomic E-state index is 12.5. The molecule has 4 nitrogen and oxygen atoms in total. The number of hydrogen-bond acceptors (Lipinski definition) is 3. The van der Waals surface area contributed by atoms with Crippen LogP contribution in [0.15, 0.2) is 47.4 Å². The topological polar surface area (TPSA) is 55.4 Å². The molecule has 0 amide bonds. The van der Waals surface area contributed by atoms with E-state index in [9.17, 15) is 8.42 Å². The van der Waals surface area contributed by atoms with Gasteiger partial charge in [-0.15, -0.1) is 0 Å². The zero-order valence-corrected chi connectivity index (χ0v) is 16.1. The van der Waals surface area contributed by atoms with Crippen LogP contribution in [0.25, 0.3) is 0 Å². The molecule has 1 atom stereocenters. The summed E-state index contributed by atoms with van der Waals surface area (Å²) in [5.74, 6) is 0. The highest BCUT2D eigenvalue weighted by Gasteiger charge is 2.29. The van der Waals surface area contributed by atoms with Gasteiger partial charge in [-0.1, -0.05) is 46.9 Å². The Labute approximate surface area is 156 Å². The zero-order valence-electron chi connectivity index (χ0n) is 13.0. The second-order valence-corrected chi connectivity index (χ2v) is 8.36. The van der Waals surface area contributed by atoms with Crippen molar-refractivity contribution in [3.05, 3.63) is 63.1 Å². The first-order valence-electron chi connectivity index (χ1n) is 6.94. The molecular formula is C16H16Cl3NO3S. The van der Waals surface area contributed by atoms with Crippen LogP contribution in [0.2, 0.25) is 15.1 Å². The fraction of sp³-hybridized carbons (Fsp3) is 0.250. The third kappa shape index (κ3) is 4.42. The summed E-state index contributed by atoms with van der Waals surface area (Å²) in [7, 11) is -2.35. The molecule has 2 rings (SSSR count). The summed E-state index contributed by atoms with van der Waals surface area (Å²) < 4.78 is 33.1. The van der Waals surface area contributed by atoms with Crippen molar-refractivity contribution in [3.8, 4) is 0 Å². The van der Waals surface area contributed by atoms with Crippen LogP contribution in [-0.2, 0) is 20.4 Å². The summed E-state index contributed by atoms with van der Waals surface area (Å²) in [5.41, 5.74) is -0.152. The highest BCUT2D eigenvalue weighted by atomic mass is 35.5. The lowest BCUT2D eigenvalue weighted by atomic mass is 9.96. The molecule has 24 heavy (non-hydrogen) atoms. The molecule has 0 aliphatic rings. The van der Waals surface area contributed by atoms with Crippen LogP contribution in [0.5, 0.6) is 0 Å². The molecule has 0 aromatic heterocycles. The summed E-state index contributed by atoms with van der Waals surface area (Å²) in [5, 5.41) is 0.911. The Kier molecular flexibility index (Phi) is 6.18. The molecule has 2 aromatic rings. The van der Waals surface area contributed by atoms with Crippen LogP contribution in [0.1, 0.15) is 12.5 Å². The molecule has 130 valence electrons. The third-order valence-corrected chi connectivity index (χ3v) is 6.02. The van der Waals surface area contributed by atoms with Crippen molar-refractivity contribution in [2.75, 3.05) is 13.7 Å². The Morgan fingerprint density at radius 2 is 1.75 bits per heavy atom. The molecular weight excluding hydrogens is 393 g/mol. The van der Waals surface area contributed by atoms with Gasteiger partial charge in [-0.2, -0.15) is 0 Å². The third-order valence-electron chi connectivity index (χ3n) is 3.67. The van der Waals surface area contributed by atoms with E-state index in [2.05, 4.69) is 4.72 Å². The summed E-state index contributed by atoms with van der Waals surface area (Å²) in [4.78, 5) is -0.0822. The van der Waals surface area contributed by atoms with Crippen molar-refractivity contribution in [2.24, 2.45) is 0 Å². The first-order valence-corrected chi connectivity index (χ1v) is 9.55. The maximum absolute atomic E-state index is 12.5. The van der Waals surface area contributed by atoms with Gasteiger partial charge in [-0.3, -0.25) is 0 Å². The maximum Gasteiger partial charge on any atom is 0.242 e. The Hall–Kier alpha value is -0.820. The Morgan fingerprint density at radius 3 is 2.38 bits per heavy atom. The van der Waals surface area contributed by atoms with Crippen molar-refractivity contribution in [3.63, 3.8) is 0 Å². The van der Waals surface area contributed by atoms with Gasteiger partial charge in [0.05, 0.1) is 5.02 Å². The van der Waals surface area contributed by atoms with Gasteiger partial charge in [0.1, 0.15) is 10.5 Å². The van der Waals surface area contributed by atoms with Crippen molar-refractivity contribution in [1.82, 2.24) is 4.72 Å². The average molecular weight is 409 g/mol. The fourth-order valence-corrected chi connectivity index (χ4v) is 4.18. The van der Waals surface area contributed by atoms with Crippen LogP contribution >= 0.6 is 34.8 Å². The van der Waals surface area contributed by atoms with E-state index in [0.29, 0.717) is 5.02 Å². The minimum Gasteiger partial charge on any atom is -0.372 e. The summed E-state index contributed by atoms with van der Waals surface area (Å²) in [6.45, 7) is 1.76. The van der Waals surface area contributed by atoms with Crippen molar-refractivity contribution < 1.29 is 13.2 Å². The van der Waals surface area contributed by atoms with E-state index < -0.39 is 15.6 Å². The number of benzene rings is 2. The van der Waals surface area contributed by atoms with Crippen molar-refractivity contribution >= 4 is 44.8 Å². The highest BCUT2D eigenvalue weighted by molar-refractivity contribution is 7.89. The molecule has 0 radical (unpaired) electrons. The molecule has 0 saturated heterocycles. The molecule has 0 spiro atoms. The lowest BCUT2D eigenvalue weighted by Crippen LogP contribution is -2.40. The van der Waals surface area contributed by atoms with E-state index in [4.69, 9.17) is 39.5 Å². The van der Waals surface area contributed by atoms with Gasteiger partial charge in [0.2, 0.25) is 10.0 Å². The largest absolute Gasteiger partial charge is 0.372 e. The number of ether oxygens (including phenoxy) is 1. The Balaban J connectivity index is 2.28. The van der Waals surface area contributed by atoms with Gasteiger partial charge in [0.15, 0.2) is 0 Å². The minimum absolute atomic E-state index is 0.00494. The quantitative estimate of drug-likeness (QED) is 0.766. The Bertz CT molecular complexity index is 842. The molecule has 1 N–H and O–H groups in total. The van der Waals surface area contributed by atoms with Crippen LogP contribution in [0.3, 0.4) is 0 Å². The lowest BCUT2D eigenvalue weighted by Gasteiger charge is -2.29. The fourth-order valence-electron chi connectivity index (χ4n) is 2.10. The monoisotopic (exact) mass is 407 g/mol. The van der Waals surface area contributed by atoms with Gasteiger partial charge in [0.25, 0.3) is 0 Å². The van der Waals surface area contributed by atoms with E-state index in [1.54, 1.807) is 25.1 Å². The second kappa shape index (κ2) is 7.60. The number of halogens is 3. The number of sulfonamides is 1. The molecule has 0 heterocycles. The van der Waals surface area contributed by atoms with E-state index >= 15 is 0 Å². The summed E-state index contributed by atoms with van der Waals surface area (Å²) in [6, 6.07) is 11.3. The number of rotatable bonds is 6. The van der Waals surface area contributed by atoms with Crippen molar-refractivity contribution in [1.29, 1.82) is 0 Å². The molecule has 0 fully saturated rings. The van der Waals surface area contributed by atoms with Crippen LogP contribution in [0.4, 0.5) is 0 Å². The van der Waals surface area contributed by atoms with E-state index in [1.165, 1.54) is 25.3 Å². The highest BCUT2D eigenvalue weighted by Crippen LogP contribution is 2.28. The number of nitrogens with one attached hydrogen (secondary N) is 1. The van der Waals surface area contributed by atoms with Gasteiger partial charge in [-0.25, -0.2) is 13.1 Å². The van der Waals surface area contributed by atoms with Crippen LogP contribution in [-0.4, -0.2) is 22.1 Å². The molecule has 0 bridgehead atoms. The average Bonchev–Trinajstić information content (AvgIpc) is 2.55. The minimum atomic E-state index is -3.85. The van der Waals surface area contributed by atoms with Gasteiger partial charge in [0, 0.05) is 23.7 Å². The number of methoxy groups -OCH3 is 1. The molecule has 0 aliphatic heterocycles. The molecule has 1 unspecified atom stereocenters. The van der Waals surface area contributed by atoms with Gasteiger partial charge >= 0.3 is 0 Å². The smallest absolute Gasteiger partial charge is 0.242 e. The van der Waals surface area contributed by atoms with E-state index in [-0.39, 0.29) is 21.5 Å². The number of hydrogen-bond donors (Lipinski definition) is 1. The van der Waals surface area contributed by atoms with Gasteiger partial charge < -0.3 is 4.74 Å². The van der Waals surface area contributed by atoms with Crippen LogP contribution < -0.4 is 4.72 Å². The van der Waals surface area contributed by atoms with E-state index in [0.717, 1.165) is 5.56 Å². The molecule has 2 aromatic carbocycles. The standard InChI is InChI=1S/C16H16Cl3NO3S/c1-16(23-2,11-4-3-5-12(17)8-11)10-20-24(21,22)15-9-13(18)6-7-14(15)19/h3-9,20H,10H2,1-2H3. The Morgan fingerprint density at radius 1 is 1.08 bits per heavy atom. The molecule has 0 saturated carbocycles. The predicted octanol–water partition coefficient (Wildman–Crippen LogP) is 4.49. The van der Waals surface area contributed by atoms with E-state index in [1.807, 2.05) is 6.07 Å². The van der Waals surface area contributed by atoms with Crippen molar-refractivity contribution in [2.45, 2.75) is 17.4 Å².